The van der Waals surface area contributed by atoms with Gasteiger partial charge in [-0.3, -0.25) is 19.4 Å². The molecular formula is C16H15N5O3S2. The van der Waals surface area contributed by atoms with Crippen molar-refractivity contribution in [1.82, 2.24) is 19.6 Å². The second kappa shape index (κ2) is 5.92. The van der Waals surface area contributed by atoms with Crippen LogP contribution in [0.25, 0.3) is 6.08 Å². The van der Waals surface area contributed by atoms with E-state index in [1.165, 1.54) is 22.1 Å². The van der Waals surface area contributed by atoms with Crippen LogP contribution >= 0.6 is 23.5 Å². The van der Waals surface area contributed by atoms with Crippen LogP contribution < -0.4 is 0 Å². The molecule has 1 atom stereocenters. The lowest BCUT2D eigenvalue weighted by Crippen LogP contribution is -2.51. The first-order valence-corrected chi connectivity index (χ1v) is 10.2. The lowest BCUT2D eigenvalue weighted by atomic mass is 10.0. The SMILES string of the molecule is O=C(O)C1=CSC2/C(=C\c3cc4n(n3)CCN(C3=NCCS3)C4)C(=O)N12. The largest absolute Gasteiger partial charge is 0.477 e. The van der Waals surface area contributed by atoms with Crippen molar-refractivity contribution in [3.63, 3.8) is 0 Å². The molecule has 1 N–H and O–H groups in total. The Morgan fingerprint density at radius 1 is 1.38 bits per heavy atom. The predicted molar refractivity (Wildman–Crippen MR) is 99.3 cm³/mol. The number of fused-ring (bicyclic) bond motifs is 2. The highest BCUT2D eigenvalue weighted by Gasteiger charge is 2.49. The second-order valence-electron chi connectivity index (χ2n) is 6.29. The first-order chi connectivity index (χ1) is 12.6. The fourth-order valence-corrected chi connectivity index (χ4v) is 5.47. The van der Waals surface area contributed by atoms with Gasteiger partial charge in [-0.2, -0.15) is 5.10 Å². The molecule has 1 saturated heterocycles. The van der Waals surface area contributed by atoms with Gasteiger partial charge in [0.05, 0.1) is 36.6 Å². The minimum atomic E-state index is -1.07. The minimum Gasteiger partial charge on any atom is -0.477 e. The Hall–Kier alpha value is -2.20. The van der Waals surface area contributed by atoms with E-state index in [1.54, 1.807) is 17.8 Å². The Labute approximate surface area is 157 Å². The van der Waals surface area contributed by atoms with E-state index in [1.807, 2.05) is 10.7 Å². The number of carbonyl (C=O) groups is 2. The Kier molecular flexibility index (Phi) is 3.64. The average molecular weight is 389 g/mol. The number of nitrogens with zero attached hydrogens (tertiary/aromatic N) is 5. The average Bonchev–Trinajstić information content (AvgIpc) is 3.35. The van der Waals surface area contributed by atoms with Crippen molar-refractivity contribution in [1.29, 1.82) is 0 Å². The number of rotatable bonds is 2. The van der Waals surface area contributed by atoms with E-state index < -0.39 is 5.97 Å². The molecule has 10 heteroatoms. The molecule has 26 heavy (non-hydrogen) atoms. The molecule has 1 unspecified atom stereocenters. The number of carboxylic acids is 1. The molecule has 134 valence electrons. The lowest BCUT2D eigenvalue weighted by molar-refractivity contribution is -0.141. The van der Waals surface area contributed by atoms with Crippen molar-refractivity contribution in [2.24, 2.45) is 4.99 Å². The normalized spacial score (nSPS) is 25.8. The molecule has 5 heterocycles. The first-order valence-electron chi connectivity index (χ1n) is 8.25. The monoisotopic (exact) mass is 389 g/mol. The molecule has 0 aliphatic carbocycles. The Balaban J connectivity index is 1.35. The number of aliphatic carboxylic acids is 1. The molecule has 4 aliphatic heterocycles. The maximum atomic E-state index is 12.3. The topological polar surface area (TPSA) is 91.0 Å². The number of β-lactam (4-membered cyclic amide) rings is 1. The number of amidine groups is 1. The van der Waals surface area contributed by atoms with Gasteiger partial charge in [-0.1, -0.05) is 11.8 Å². The van der Waals surface area contributed by atoms with Crippen molar-refractivity contribution in [2.75, 3.05) is 18.8 Å². The van der Waals surface area contributed by atoms with E-state index in [0.717, 1.165) is 48.5 Å². The van der Waals surface area contributed by atoms with Gasteiger partial charge >= 0.3 is 5.97 Å². The third kappa shape index (κ3) is 2.39. The minimum absolute atomic E-state index is 0.0526. The predicted octanol–water partition coefficient (Wildman–Crippen LogP) is 1.03. The Bertz CT molecular complexity index is 919. The van der Waals surface area contributed by atoms with Gasteiger partial charge in [-0.05, 0) is 12.1 Å². The van der Waals surface area contributed by atoms with Gasteiger partial charge in [0.25, 0.3) is 5.91 Å². The fraction of sp³-hybridized carbons (Fsp3) is 0.375. The summed E-state index contributed by atoms with van der Waals surface area (Å²) in [7, 11) is 0. The van der Waals surface area contributed by atoms with Crippen LogP contribution in [0.15, 0.2) is 27.7 Å². The summed E-state index contributed by atoms with van der Waals surface area (Å²) in [4.78, 5) is 31.6. The van der Waals surface area contributed by atoms with E-state index in [-0.39, 0.29) is 17.0 Å². The van der Waals surface area contributed by atoms with Crippen LogP contribution in [0.4, 0.5) is 0 Å². The number of hydrogen-bond donors (Lipinski definition) is 1. The van der Waals surface area contributed by atoms with Crippen molar-refractivity contribution < 1.29 is 14.7 Å². The van der Waals surface area contributed by atoms with Gasteiger partial charge in [-0.25, -0.2) is 4.79 Å². The number of aromatic nitrogens is 2. The van der Waals surface area contributed by atoms with Crippen LogP contribution in [0.5, 0.6) is 0 Å². The smallest absolute Gasteiger partial charge is 0.353 e. The van der Waals surface area contributed by atoms with Crippen molar-refractivity contribution >= 4 is 46.6 Å². The maximum absolute atomic E-state index is 12.3. The number of carboxylic acid groups (broad SMARTS) is 1. The van der Waals surface area contributed by atoms with E-state index in [2.05, 4.69) is 15.0 Å². The molecule has 1 fully saturated rings. The summed E-state index contributed by atoms with van der Waals surface area (Å²) in [5, 5.41) is 16.1. The summed E-state index contributed by atoms with van der Waals surface area (Å²) in [6.07, 6.45) is 1.78. The number of aliphatic imine (C=N–C) groups is 1. The summed E-state index contributed by atoms with van der Waals surface area (Å²) in [5.41, 5.74) is 2.50. The molecule has 4 aliphatic rings. The second-order valence-corrected chi connectivity index (χ2v) is 8.31. The fourth-order valence-electron chi connectivity index (χ4n) is 3.46. The lowest BCUT2D eigenvalue weighted by Gasteiger charge is -2.36. The molecule has 1 amide bonds. The quantitative estimate of drug-likeness (QED) is 0.597. The number of thioether (sulfide) groups is 2. The Morgan fingerprint density at radius 2 is 2.27 bits per heavy atom. The number of hydrogen-bond acceptors (Lipinski definition) is 7. The summed E-state index contributed by atoms with van der Waals surface area (Å²) in [6.45, 7) is 3.33. The molecule has 0 aromatic carbocycles. The zero-order valence-electron chi connectivity index (χ0n) is 13.7. The van der Waals surface area contributed by atoms with Crippen LogP contribution in [0.2, 0.25) is 0 Å². The molecule has 0 bridgehead atoms. The van der Waals surface area contributed by atoms with Crippen LogP contribution in [0.1, 0.15) is 11.4 Å². The van der Waals surface area contributed by atoms with E-state index in [4.69, 9.17) is 5.11 Å². The highest BCUT2D eigenvalue weighted by molar-refractivity contribution is 8.14. The molecule has 5 rings (SSSR count). The van der Waals surface area contributed by atoms with Crippen LogP contribution in [0, 0.1) is 0 Å². The third-order valence-corrected chi connectivity index (χ3v) is 6.83. The van der Waals surface area contributed by atoms with Crippen molar-refractivity contribution in [2.45, 2.75) is 18.5 Å². The van der Waals surface area contributed by atoms with Crippen molar-refractivity contribution in [3.05, 3.63) is 34.1 Å². The van der Waals surface area contributed by atoms with Gasteiger partial charge in [0.1, 0.15) is 11.1 Å². The van der Waals surface area contributed by atoms with Gasteiger partial charge in [-0.15, -0.1) is 11.8 Å². The highest BCUT2D eigenvalue weighted by Crippen LogP contribution is 2.45. The number of amides is 1. The van der Waals surface area contributed by atoms with E-state index in [9.17, 15) is 9.59 Å². The molecule has 8 nitrogen and oxygen atoms in total. The zero-order valence-corrected chi connectivity index (χ0v) is 15.3. The summed E-state index contributed by atoms with van der Waals surface area (Å²) < 4.78 is 1.98. The molecule has 0 spiro atoms. The summed E-state index contributed by atoms with van der Waals surface area (Å²) in [5.74, 6) is -0.275. The number of carbonyl (C=O) groups excluding carboxylic acids is 1. The molecule has 0 radical (unpaired) electrons. The van der Waals surface area contributed by atoms with Crippen LogP contribution in [-0.2, 0) is 22.7 Å². The summed E-state index contributed by atoms with van der Waals surface area (Å²) >= 11 is 3.14. The van der Waals surface area contributed by atoms with Crippen LogP contribution in [-0.4, -0.2) is 65.9 Å². The highest BCUT2D eigenvalue weighted by atomic mass is 32.2. The maximum Gasteiger partial charge on any atom is 0.353 e. The summed E-state index contributed by atoms with van der Waals surface area (Å²) in [6, 6.07) is 2.00. The van der Waals surface area contributed by atoms with Gasteiger partial charge in [0, 0.05) is 17.7 Å². The third-order valence-electron chi connectivity index (χ3n) is 4.71. The van der Waals surface area contributed by atoms with Gasteiger partial charge < -0.3 is 10.0 Å². The molecular weight excluding hydrogens is 374 g/mol. The standard InChI is InChI=1S/C16H15N5O3S2/c22-13-11(14-21(13)12(8-26-14)15(23)24)6-9-5-10-7-19(2-3-20(10)18-9)16-17-1-4-25-16/h5-6,8,14H,1-4,7H2,(H,23,24)/b11-6-. The molecule has 1 aromatic heterocycles. The molecule has 0 saturated carbocycles. The zero-order chi connectivity index (χ0) is 17.8. The van der Waals surface area contributed by atoms with Crippen molar-refractivity contribution in [3.8, 4) is 0 Å². The first kappa shape index (κ1) is 16.0. The Morgan fingerprint density at radius 3 is 3.04 bits per heavy atom. The molecule has 1 aromatic rings. The van der Waals surface area contributed by atoms with Gasteiger partial charge in [0.15, 0.2) is 5.17 Å². The van der Waals surface area contributed by atoms with Gasteiger partial charge in [0.2, 0.25) is 0 Å². The van der Waals surface area contributed by atoms with E-state index >= 15 is 0 Å². The van der Waals surface area contributed by atoms with E-state index in [0.29, 0.717) is 5.57 Å². The van der Waals surface area contributed by atoms with Crippen LogP contribution in [0.3, 0.4) is 0 Å².